The number of imide groups is 1. The summed E-state index contributed by atoms with van der Waals surface area (Å²) < 4.78 is 0. The predicted molar refractivity (Wildman–Crippen MR) is 39.5 cm³/mol. The van der Waals surface area contributed by atoms with E-state index in [0.717, 1.165) is 16.7 Å². The molecule has 1 rings (SSSR count). The van der Waals surface area contributed by atoms with Crippen LogP contribution in [-0.2, 0) is 14.4 Å². The van der Waals surface area contributed by atoms with Gasteiger partial charge in [-0.05, 0) is 0 Å². The molecule has 2 amide bonds. The second kappa shape index (κ2) is 3.04. The maximum absolute atomic E-state index is 10.9. The van der Waals surface area contributed by atoms with E-state index in [0.29, 0.717) is 5.75 Å². The highest BCUT2D eigenvalue weighted by atomic mass is 32.2. The maximum atomic E-state index is 10.9. The number of hydrogen-bond donors (Lipinski definition) is 0. The molecule has 59 valence electrons. The summed E-state index contributed by atoms with van der Waals surface area (Å²) in [5, 5.41) is -0.576. The average Bonchev–Trinajstić information content (AvgIpc) is 1.94. The van der Waals surface area contributed by atoms with Gasteiger partial charge in [0.25, 0.3) is 5.12 Å². The predicted octanol–water partition coefficient (Wildman–Crippen LogP) is -0.551. The highest BCUT2D eigenvalue weighted by Gasteiger charge is 2.29. The summed E-state index contributed by atoms with van der Waals surface area (Å²) in [6, 6.07) is 0. The van der Waals surface area contributed by atoms with Gasteiger partial charge in [0, 0.05) is 19.2 Å². The van der Waals surface area contributed by atoms with Crippen molar-refractivity contribution in [3.05, 3.63) is 6.92 Å². The molecule has 1 heterocycles. The van der Waals surface area contributed by atoms with E-state index in [1.807, 2.05) is 0 Å². The van der Waals surface area contributed by atoms with Crippen LogP contribution in [0.15, 0.2) is 0 Å². The van der Waals surface area contributed by atoms with Crippen molar-refractivity contribution in [2.75, 3.05) is 12.3 Å². The second-order valence-corrected chi connectivity index (χ2v) is 3.05. The summed E-state index contributed by atoms with van der Waals surface area (Å²) >= 11 is 0.937. The molecule has 0 aromatic rings. The van der Waals surface area contributed by atoms with E-state index in [4.69, 9.17) is 0 Å². The molecule has 0 unspecified atom stereocenters. The van der Waals surface area contributed by atoms with Crippen LogP contribution in [0.25, 0.3) is 0 Å². The van der Waals surface area contributed by atoms with Crippen molar-refractivity contribution in [1.29, 1.82) is 0 Å². The van der Waals surface area contributed by atoms with Crippen molar-refractivity contribution in [3.8, 4) is 0 Å². The smallest absolute Gasteiger partial charge is 0.276 e. The average molecular weight is 172 g/mol. The van der Waals surface area contributed by atoms with Crippen LogP contribution in [0.5, 0.6) is 0 Å². The van der Waals surface area contributed by atoms with Crippen molar-refractivity contribution >= 4 is 28.7 Å². The molecule has 1 radical (unpaired) electrons. The Bertz CT molecular complexity index is 226. The number of rotatable bonds is 0. The lowest BCUT2D eigenvalue weighted by molar-refractivity contribution is -0.147. The fourth-order valence-corrected chi connectivity index (χ4v) is 1.43. The third-order valence-corrected chi connectivity index (χ3v) is 2.09. The topological polar surface area (TPSA) is 54.5 Å². The first-order valence-electron chi connectivity index (χ1n) is 2.97. The Kier molecular flexibility index (Phi) is 2.28. The van der Waals surface area contributed by atoms with Gasteiger partial charge in [0.05, 0.1) is 0 Å². The number of hydrogen-bond acceptors (Lipinski definition) is 4. The van der Waals surface area contributed by atoms with Gasteiger partial charge in [-0.2, -0.15) is 0 Å². The normalized spacial score (nSPS) is 18.8. The van der Waals surface area contributed by atoms with Gasteiger partial charge in [0.1, 0.15) is 0 Å². The molecule has 0 bridgehead atoms. The highest BCUT2D eigenvalue weighted by molar-refractivity contribution is 8.15. The zero-order valence-corrected chi connectivity index (χ0v) is 6.52. The number of thioether (sulfide) groups is 1. The van der Waals surface area contributed by atoms with Crippen molar-refractivity contribution < 1.29 is 14.4 Å². The Morgan fingerprint density at radius 3 is 2.64 bits per heavy atom. The molecule has 1 saturated heterocycles. The van der Waals surface area contributed by atoms with Crippen molar-refractivity contribution in [1.82, 2.24) is 4.90 Å². The van der Waals surface area contributed by atoms with Gasteiger partial charge in [-0.15, -0.1) is 0 Å². The zero-order valence-electron chi connectivity index (χ0n) is 5.70. The zero-order chi connectivity index (χ0) is 8.43. The maximum Gasteiger partial charge on any atom is 0.307 e. The molecular formula is C6H6NO3S. The van der Waals surface area contributed by atoms with Gasteiger partial charge in [0.2, 0.25) is 5.91 Å². The molecule has 5 heteroatoms. The van der Waals surface area contributed by atoms with E-state index >= 15 is 0 Å². The van der Waals surface area contributed by atoms with Gasteiger partial charge >= 0.3 is 5.91 Å². The van der Waals surface area contributed by atoms with Gasteiger partial charge < -0.3 is 0 Å². The van der Waals surface area contributed by atoms with Crippen LogP contribution in [0.3, 0.4) is 0 Å². The largest absolute Gasteiger partial charge is 0.307 e. The van der Waals surface area contributed by atoms with Crippen LogP contribution in [0.2, 0.25) is 0 Å². The summed E-state index contributed by atoms with van der Waals surface area (Å²) in [5.74, 6) is -0.879. The molecule has 1 aliphatic rings. The van der Waals surface area contributed by atoms with E-state index in [2.05, 4.69) is 6.92 Å². The van der Waals surface area contributed by atoms with Crippen LogP contribution in [0.4, 0.5) is 0 Å². The molecule has 11 heavy (non-hydrogen) atoms. The molecule has 0 saturated carbocycles. The first kappa shape index (κ1) is 8.26. The minimum atomic E-state index is -0.749. The Morgan fingerprint density at radius 2 is 2.18 bits per heavy atom. The fourth-order valence-electron chi connectivity index (χ4n) is 0.741. The first-order valence-corrected chi connectivity index (χ1v) is 3.96. The molecule has 0 aromatic heterocycles. The summed E-state index contributed by atoms with van der Waals surface area (Å²) in [4.78, 5) is 33.0. The molecule has 0 N–H and O–H groups in total. The lowest BCUT2D eigenvalue weighted by Crippen LogP contribution is -2.44. The Labute approximate surface area is 67.9 Å². The van der Waals surface area contributed by atoms with E-state index in [9.17, 15) is 14.4 Å². The quantitative estimate of drug-likeness (QED) is 0.460. The minimum Gasteiger partial charge on any atom is -0.276 e. The standard InChI is InChI=1S/C6H6NO3S/c1-4(8)7-2-3-11-6(10)5(7)9/h1-3H2. The fraction of sp³-hybridized carbons (Fsp3) is 0.333. The van der Waals surface area contributed by atoms with E-state index in [1.54, 1.807) is 0 Å². The summed E-state index contributed by atoms with van der Waals surface area (Å²) in [6.45, 7) is 3.34. The van der Waals surface area contributed by atoms with Crippen LogP contribution in [0.1, 0.15) is 0 Å². The Hall–Kier alpha value is -0.840. The number of amides is 2. The van der Waals surface area contributed by atoms with Crippen molar-refractivity contribution in [2.45, 2.75) is 0 Å². The monoisotopic (exact) mass is 172 g/mol. The summed E-state index contributed by atoms with van der Waals surface area (Å²) in [6.07, 6.45) is 0. The molecule has 1 fully saturated rings. The molecule has 1 aliphatic heterocycles. The third kappa shape index (κ3) is 1.59. The van der Waals surface area contributed by atoms with Crippen LogP contribution >= 0.6 is 11.8 Å². The Balaban J connectivity index is 2.74. The molecule has 4 nitrogen and oxygen atoms in total. The van der Waals surface area contributed by atoms with Crippen molar-refractivity contribution in [3.63, 3.8) is 0 Å². The molecule has 0 aromatic carbocycles. The van der Waals surface area contributed by atoms with Gasteiger partial charge in [-0.1, -0.05) is 11.8 Å². The Morgan fingerprint density at radius 1 is 1.55 bits per heavy atom. The summed E-state index contributed by atoms with van der Waals surface area (Å²) in [7, 11) is 0. The molecular weight excluding hydrogens is 166 g/mol. The molecule has 0 spiro atoms. The van der Waals surface area contributed by atoms with Crippen LogP contribution in [0, 0.1) is 6.92 Å². The van der Waals surface area contributed by atoms with E-state index in [-0.39, 0.29) is 6.54 Å². The number of carbonyl (C=O) groups excluding carboxylic acids is 3. The lowest BCUT2D eigenvalue weighted by Gasteiger charge is -2.21. The van der Waals surface area contributed by atoms with Gasteiger partial charge in [-0.3, -0.25) is 19.3 Å². The number of nitrogens with zero attached hydrogens (tertiary/aromatic N) is 1. The first-order chi connectivity index (χ1) is 5.13. The SMILES string of the molecule is [CH2]C(=O)N1CCSC(=O)C1=O. The summed E-state index contributed by atoms with van der Waals surface area (Å²) in [5.41, 5.74) is 0. The third-order valence-electron chi connectivity index (χ3n) is 1.27. The number of carbonyl (C=O) groups is 3. The second-order valence-electron chi connectivity index (χ2n) is 1.99. The molecule has 0 aliphatic carbocycles. The van der Waals surface area contributed by atoms with Crippen LogP contribution in [-0.4, -0.2) is 34.1 Å². The van der Waals surface area contributed by atoms with E-state index < -0.39 is 16.9 Å². The van der Waals surface area contributed by atoms with Gasteiger partial charge in [-0.25, -0.2) is 0 Å². The minimum absolute atomic E-state index is 0.289. The highest BCUT2D eigenvalue weighted by Crippen LogP contribution is 2.12. The van der Waals surface area contributed by atoms with Crippen molar-refractivity contribution in [2.24, 2.45) is 0 Å². The van der Waals surface area contributed by atoms with E-state index in [1.165, 1.54) is 0 Å². The lowest BCUT2D eigenvalue weighted by atomic mass is 10.4. The molecule has 0 atom stereocenters. The van der Waals surface area contributed by atoms with Gasteiger partial charge in [0.15, 0.2) is 0 Å². The van der Waals surface area contributed by atoms with Crippen LogP contribution < -0.4 is 0 Å².